The zero-order valence-electron chi connectivity index (χ0n) is 10.9. The lowest BCUT2D eigenvalue weighted by atomic mass is 9.97. The van der Waals surface area contributed by atoms with E-state index >= 15 is 0 Å². The number of pyridine rings is 1. The fourth-order valence-electron chi connectivity index (χ4n) is 2.60. The van der Waals surface area contributed by atoms with Gasteiger partial charge in [-0.3, -0.25) is 4.79 Å². The minimum Gasteiger partial charge on any atom is -0.366 e. The average molecular weight is 247 g/mol. The molecule has 18 heavy (non-hydrogen) atoms. The summed E-state index contributed by atoms with van der Waals surface area (Å²) in [7, 11) is 0. The summed E-state index contributed by atoms with van der Waals surface area (Å²) >= 11 is 0. The number of anilines is 1. The second-order valence-electron chi connectivity index (χ2n) is 5.13. The predicted molar refractivity (Wildman–Crippen MR) is 72.4 cm³/mol. The summed E-state index contributed by atoms with van der Waals surface area (Å²) in [6.07, 6.45) is 7.89. The van der Waals surface area contributed by atoms with Crippen LogP contribution in [0.3, 0.4) is 0 Å². The molecule has 0 aliphatic heterocycles. The van der Waals surface area contributed by atoms with Gasteiger partial charge in [0, 0.05) is 12.2 Å². The first-order valence-electron chi connectivity index (χ1n) is 6.70. The number of nitrogens with two attached hydrogens (primary N) is 1. The third-order valence-electron chi connectivity index (χ3n) is 3.76. The van der Waals surface area contributed by atoms with E-state index < -0.39 is 5.91 Å². The fourth-order valence-corrected chi connectivity index (χ4v) is 2.60. The number of rotatable bonds is 3. The van der Waals surface area contributed by atoms with Gasteiger partial charge in [0.25, 0.3) is 5.91 Å². The Kier molecular flexibility index (Phi) is 4.18. The van der Waals surface area contributed by atoms with Gasteiger partial charge in [-0.15, -0.1) is 0 Å². The molecule has 1 amide bonds. The van der Waals surface area contributed by atoms with Crippen molar-refractivity contribution in [2.24, 2.45) is 11.7 Å². The van der Waals surface area contributed by atoms with Crippen LogP contribution >= 0.6 is 0 Å². The van der Waals surface area contributed by atoms with E-state index in [-0.39, 0.29) is 0 Å². The number of nitrogens with zero attached hydrogens (tertiary/aromatic N) is 1. The molecule has 1 aromatic rings. The van der Waals surface area contributed by atoms with Gasteiger partial charge >= 0.3 is 0 Å². The van der Waals surface area contributed by atoms with E-state index in [0.717, 1.165) is 6.42 Å². The van der Waals surface area contributed by atoms with E-state index in [0.29, 0.717) is 23.3 Å². The number of amides is 1. The van der Waals surface area contributed by atoms with Crippen LogP contribution in [0.1, 0.15) is 49.4 Å². The van der Waals surface area contributed by atoms with Crippen molar-refractivity contribution in [1.29, 1.82) is 0 Å². The maximum Gasteiger partial charge on any atom is 0.252 e. The highest BCUT2D eigenvalue weighted by atomic mass is 16.1. The molecule has 2 unspecified atom stereocenters. The molecule has 0 radical (unpaired) electrons. The van der Waals surface area contributed by atoms with Crippen LogP contribution in [0.4, 0.5) is 5.82 Å². The number of carbonyl (C=O) groups excluding carboxylic acids is 1. The molecule has 0 aromatic carbocycles. The van der Waals surface area contributed by atoms with Crippen LogP contribution in [0.25, 0.3) is 0 Å². The highest BCUT2D eigenvalue weighted by molar-refractivity contribution is 5.97. The van der Waals surface area contributed by atoms with Gasteiger partial charge in [-0.25, -0.2) is 4.98 Å². The van der Waals surface area contributed by atoms with Crippen molar-refractivity contribution in [1.82, 2.24) is 4.98 Å². The van der Waals surface area contributed by atoms with Crippen LogP contribution < -0.4 is 11.1 Å². The van der Waals surface area contributed by atoms with Crippen molar-refractivity contribution in [3.63, 3.8) is 0 Å². The van der Waals surface area contributed by atoms with Crippen molar-refractivity contribution in [3.05, 3.63) is 23.9 Å². The standard InChI is InChI=1S/C14H21N3O/c1-10-6-3-2-4-8-12(10)17-14-11(13(15)18)7-5-9-16-14/h5,7,9-10,12H,2-4,6,8H2,1H3,(H2,15,18)(H,16,17). The summed E-state index contributed by atoms with van der Waals surface area (Å²) < 4.78 is 0. The smallest absolute Gasteiger partial charge is 0.252 e. The van der Waals surface area contributed by atoms with Crippen molar-refractivity contribution in [2.45, 2.75) is 45.1 Å². The van der Waals surface area contributed by atoms with Gasteiger partial charge in [0.15, 0.2) is 0 Å². The predicted octanol–water partition coefficient (Wildman–Crippen LogP) is 2.56. The minimum absolute atomic E-state index is 0.389. The number of primary amides is 1. The van der Waals surface area contributed by atoms with E-state index in [2.05, 4.69) is 17.2 Å². The minimum atomic E-state index is -0.424. The average Bonchev–Trinajstić information content (AvgIpc) is 2.55. The lowest BCUT2D eigenvalue weighted by Gasteiger charge is -2.24. The molecule has 2 rings (SSSR count). The van der Waals surface area contributed by atoms with Gasteiger partial charge in [-0.1, -0.05) is 26.2 Å². The Balaban J connectivity index is 2.14. The second-order valence-corrected chi connectivity index (χ2v) is 5.13. The molecular formula is C14H21N3O. The molecule has 98 valence electrons. The van der Waals surface area contributed by atoms with E-state index in [1.54, 1.807) is 18.3 Å². The second kappa shape index (κ2) is 5.85. The van der Waals surface area contributed by atoms with Gasteiger partial charge in [0.2, 0.25) is 0 Å². The van der Waals surface area contributed by atoms with Gasteiger partial charge in [-0.2, -0.15) is 0 Å². The first-order chi connectivity index (χ1) is 8.68. The van der Waals surface area contributed by atoms with E-state index in [1.807, 2.05) is 0 Å². The molecule has 1 aliphatic carbocycles. The van der Waals surface area contributed by atoms with Crippen LogP contribution in [-0.4, -0.2) is 16.9 Å². The van der Waals surface area contributed by atoms with Crippen LogP contribution in [0, 0.1) is 5.92 Å². The van der Waals surface area contributed by atoms with Crippen LogP contribution in [0.2, 0.25) is 0 Å². The largest absolute Gasteiger partial charge is 0.366 e. The SMILES string of the molecule is CC1CCCCCC1Nc1ncccc1C(N)=O. The third kappa shape index (κ3) is 3.00. The van der Waals surface area contributed by atoms with Crippen LogP contribution in [0.5, 0.6) is 0 Å². The Morgan fingerprint density at radius 3 is 2.94 bits per heavy atom. The molecule has 1 aliphatic rings. The molecule has 2 atom stereocenters. The number of hydrogen-bond acceptors (Lipinski definition) is 3. The topological polar surface area (TPSA) is 68.0 Å². The Bertz CT molecular complexity index is 419. The molecule has 0 saturated heterocycles. The summed E-state index contributed by atoms with van der Waals surface area (Å²) in [4.78, 5) is 15.6. The summed E-state index contributed by atoms with van der Waals surface area (Å²) in [5.74, 6) is 0.811. The molecule has 1 aromatic heterocycles. The monoisotopic (exact) mass is 247 g/mol. The van der Waals surface area contributed by atoms with E-state index in [9.17, 15) is 4.79 Å². The summed E-state index contributed by atoms with van der Waals surface area (Å²) in [5, 5.41) is 3.41. The summed E-state index contributed by atoms with van der Waals surface area (Å²) in [5.41, 5.74) is 5.85. The first-order valence-corrected chi connectivity index (χ1v) is 6.70. The lowest BCUT2D eigenvalue weighted by molar-refractivity contribution is 0.100. The molecule has 3 N–H and O–H groups in total. The first kappa shape index (κ1) is 12.9. The van der Waals surface area contributed by atoms with Gasteiger partial charge in [0.1, 0.15) is 5.82 Å². The Morgan fingerprint density at radius 1 is 1.39 bits per heavy atom. The number of nitrogens with one attached hydrogen (secondary N) is 1. The molecule has 4 heteroatoms. The zero-order chi connectivity index (χ0) is 13.0. The Hall–Kier alpha value is -1.58. The lowest BCUT2D eigenvalue weighted by Crippen LogP contribution is -2.28. The molecule has 1 heterocycles. The van der Waals surface area contributed by atoms with Gasteiger partial charge in [-0.05, 0) is 30.9 Å². The molecule has 1 fully saturated rings. The third-order valence-corrected chi connectivity index (χ3v) is 3.76. The molecular weight excluding hydrogens is 226 g/mol. The van der Waals surface area contributed by atoms with Gasteiger partial charge < -0.3 is 11.1 Å². The fraction of sp³-hybridized carbons (Fsp3) is 0.571. The van der Waals surface area contributed by atoms with Crippen molar-refractivity contribution < 1.29 is 4.79 Å². The van der Waals surface area contributed by atoms with E-state index in [1.165, 1.54) is 25.7 Å². The summed E-state index contributed by atoms with van der Waals surface area (Å²) in [6.45, 7) is 2.26. The van der Waals surface area contributed by atoms with Crippen LogP contribution in [0.15, 0.2) is 18.3 Å². The zero-order valence-corrected chi connectivity index (χ0v) is 10.9. The van der Waals surface area contributed by atoms with Gasteiger partial charge in [0.05, 0.1) is 5.56 Å². The van der Waals surface area contributed by atoms with Crippen molar-refractivity contribution >= 4 is 11.7 Å². The highest BCUT2D eigenvalue weighted by Gasteiger charge is 2.21. The molecule has 0 spiro atoms. The van der Waals surface area contributed by atoms with Crippen LogP contribution in [-0.2, 0) is 0 Å². The maximum absolute atomic E-state index is 11.4. The normalized spacial score (nSPS) is 24.3. The molecule has 4 nitrogen and oxygen atoms in total. The van der Waals surface area contributed by atoms with E-state index in [4.69, 9.17) is 5.73 Å². The quantitative estimate of drug-likeness (QED) is 0.807. The Labute approximate surface area is 108 Å². The molecule has 0 bridgehead atoms. The number of hydrogen-bond donors (Lipinski definition) is 2. The highest BCUT2D eigenvalue weighted by Crippen LogP contribution is 2.26. The Morgan fingerprint density at radius 2 is 2.17 bits per heavy atom. The number of aromatic nitrogens is 1. The molecule has 1 saturated carbocycles. The van der Waals surface area contributed by atoms with Crippen molar-refractivity contribution in [3.8, 4) is 0 Å². The number of carbonyl (C=O) groups is 1. The summed E-state index contributed by atoms with van der Waals surface area (Å²) in [6, 6.07) is 3.85. The maximum atomic E-state index is 11.4. The van der Waals surface area contributed by atoms with Crippen molar-refractivity contribution in [2.75, 3.05) is 5.32 Å².